The van der Waals surface area contributed by atoms with Crippen molar-refractivity contribution in [1.82, 2.24) is 0 Å². The summed E-state index contributed by atoms with van der Waals surface area (Å²) in [6, 6.07) is 3.82. The van der Waals surface area contributed by atoms with Gasteiger partial charge in [0, 0.05) is 10.9 Å². The third kappa shape index (κ3) is 3.25. The van der Waals surface area contributed by atoms with E-state index in [1.165, 1.54) is 0 Å². The highest BCUT2D eigenvalue weighted by Gasteiger charge is 2.35. The average Bonchev–Trinajstić information content (AvgIpc) is 3.22. The molecule has 3 rings (SSSR count). The maximum absolute atomic E-state index is 5.76. The van der Waals surface area contributed by atoms with Gasteiger partial charge in [-0.1, -0.05) is 0 Å². The van der Waals surface area contributed by atoms with E-state index in [9.17, 15) is 0 Å². The zero-order valence-corrected chi connectivity index (χ0v) is 13.0. The van der Waals surface area contributed by atoms with Crippen LogP contribution < -0.4 is 20.4 Å². The molecular formula is C14H20B2O6. The highest BCUT2D eigenvalue weighted by atomic mass is 16.6. The van der Waals surface area contributed by atoms with Crippen molar-refractivity contribution in [2.75, 3.05) is 39.6 Å². The molecule has 2 heterocycles. The Labute approximate surface area is 131 Å². The first-order valence-electron chi connectivity index (χ1n) is 7.73. The van der Waals surface area contributed by atoms with Crippen LogP contribution >= 0.6 is 0 Å². The first-order valence-corrected chi connectivity index (χ1v) is 7.73. The van der Waals surface area contributed by atoms with Crippen LogP contribution in [0.25, 0.3) is 0 Å². The SMILES string of the molecule is CCOc1cc(B2OCCO2)c(OCC)cc1B1OCCO1. The summed E-state index contributed by atoms with van der Waals surface area (Å²) in [5.74, 6) is 1.43. The van der Waals surface area contributed by atoms with Gasteiger partial charge in [0.2, 0.25) is 0 Å². The number of rotatable bonds is 6. The van der Waals surface area contributed by atoms with Gasteiger partial charge in [-0.3, -0.25) is 0 Å². The molecule has 0 bridgehead atoms. The van der Waals surface area contributed by atoms with Crippen LogP contribution in [0.4, 0.5) is 0 Å². The zero-order valence-electron chi connectivity index (χ0n) is 13.0. The van der Waals surface area contributed by atoms with Gasteiger partial charge in [-0.25, -0.2) is 0 Å². The lowest BCUT2D eigenvalue weighted by molar-refractivity contribution is 0.328. The van der Waals surface area contributed by atoms with E-state index in [-0.39, 0.29) is 0 Å². The van der Waals surface area contributed by atoms with E-state index in [0.29, 0.717) is 51.1 Å². The number of hydrogen-bond acceptors (Lipinski definition) is 6. The van der Waals surface area contributed by atoms with E-state index >= 15 is 0 Å². The van der Waals surface area contributed by atoms with Crippen molar-refractivity contribution in [3.63, 3.8) is 0 Å². The van der Waals surface area contributed by atoms with Gasteiger partial charge in [0.15, 0.2) is 0 Å². The predicted molar refractivity (Wildman–Crippen MR) is 83.4 cm³/mol. The molecule has 0 saturated carbocycles. The highest BCUT2D eigenvalue weighted by Crippen LogP contribution is 2.19. The Morgan fingerprint density at radius 3 is 1.45 bits per heavy atom. The Balaban J connectivity index is 1.99. The second-order valence-corrected chi connectivity index (χ2v) is 4.94. The minimum atomic E-state index is -0.416. The smallest absolute Gasteiger partial charge is 0.494 e. The number of benzene rings is 1. The molecule has 2 saturated heterocycles. The first-order chi connectivity index (χ1) is 10.8. The fourth-order valence-corrected chi connectivity index (χ4v) is 2.60. The lowest BCUT2D eigenvalue weighted by atomic mass is 9.72. The monoisotopic (exact) mass is 306 g/mol. The summed E-state index contributed by atoms with van der Waals surface area (Å²) in [4.78, 5) is 0. The van der Waals surface area contributed by atoms with E-state index < -0.39 is 14.2 Å². The lowest BCUT2D eigenvalue weighted by Gasteiger charge is -2.18. The third-order valence-electron chi connectivity index (χ3n) is 3.49. The van der Waals surface area contributed by atoms with E-state index in [4.69, 9.17) is 28.1 Å². The van der Waals surface area contributed by atoms with Crippen LogP contribution in [0.5, 0.6) is 11.5 Å². The molecular weight excluding hydrogens is 286 g/mol. The van der Waals surface area contributed by atoms with Crippen LogP contribution in [0.15, 0.2) is 12.1 Å². The number of hydrogen-bond donors (Lipinski definition) is 0. The van der Waals surface area contributed by atoms with Crippen molar-refractivity contribution in [1.29, 1.82) is 0 Å². The van der Waals surface area contributed by atoms with Gasteiger partial charge in [0.05, 0.1) is 39.6 Å². The van der Waals surface area contributed by atoms with E-state index in [1.54, 1.807) is 0 Å². The Morgan fingerprint density at radius 2 is 1.14 bits per heavy atom. The van der Waals surface area contributed by atoms with Crippen LogP contribution in [0.3, 0.4) is 0 Å². The Morgan fingerprint density at radius 1 is 0.773 bits per heavy atom. The molecule has 1 aromatic rings. The molecule has 2 aliphatic rings. The molecule has 0 aromatic heterocycles. The lowest BCUT2D eigenvalue weighted by Crippen LogP contribution is -2.39. The van der Waals surface area contributed by atoms with Crippen LogP contribution in [0, 0.1) is 0 Å². The molecule has 6 nitrogen and oxygen atoms in total. The molecule has 0 amide bonds. The maximum atomic E-state index is 5.76. The highest BCUT2D eigenvalue weighted by molar-refractivity contribution is 6.65. The Kier molecular flexibility index (Phi) is 5.25. The Hall–Kier alpha value is -1.21. The summed E-state index contributed by atoms with van der Waals surface area (Å²) >= 11 is 0. The molecule has 1 aromatic carbocycles. The van der Waals surface area contributed by atoms with Crippen molar-refractivity contribution in [3.05, 3.63) is 12.1 Å². The van der Waals surface area contributed by atoms with Crippen LogP contribution in [0.2, 0.25) is 0 Å². The second-order valence-electron chi connectivity index (χ2n) is 4.94. The standard InChI is InChI=1S/C14H20B2O6/c1-3-17-13-9-12(16-21-7-8-22-16)14(18-4-2)10-11(13)15-19-5-6-20-15/h9-10H,3-8H2,1-2H3. The largest absolute Gasteiger partial charge is 0.497 e. The van der Waals surface area contributed by atoms with Crippen molar-refractivity contribution < 1.29 is 28.1 Å². The topological polar surface area (TPSA) is 55.4 Å². The van der Waals surface area contributed by atoms with Crippen molar-refractivity contribution in [2.45, 2.75) is 13.8 Å². The van der Waals surface area contributed by atoms with E-state index in [2.05, 4.69) is 0 Å². The zero-order chi connectivity index (χ0) is 15.4. The molecule has 8 heteroatoms. The molecule has 22 heavy (non-hydrogen) atoms. The average molecular weight is 306 g/mol. The molecule has 0 aliphatic carbocycles. The van der Waals surface area contributed by atoms with Gasteiger partial charge < -0.3 is 28.1 Å². The van der Waals surface area contributed by atoms with Gasteiger partial charge in [-0.15, -0.1) is 0 Å². The van der Waals surface area contributed by atoms with E-state index in [0.717, 1.165) is 10.9 Å². The number of ether oxygens (including phenoxy) is 2. The molecule has 0 N–H and O–H groups in total. The van der Waals surface area contributed by atoms with Crippen molar-refractivity contribution in [3.8, 4) is 11.5 Å². The normalized spacial score (nSPS) is 18.1. The van der Waals surface area contributed by atoms with Crippen molar-refractivity contribution in [2.24, 2.45) is 0 Å². The maximum Gasteiger partial charge on any atom is 0.497 e. The van der Waals surface area contributed by atoms with Crippen molar-refractivity contribution >= 4 is 25.2 Å². The van der Waals surface area contributed by atoms with Crippen LogP contribution in [0.1, 0.15) is 13.8 Å². The summed E-state index contributed by atoms with van der Waals surface area (Å²) in [7, 11) is -0.833. The predicted octanol–water partition coefficient (Wildman–Crippen LogP) is -0.0320. The fraction of sp³-hybridized carbons (Fsp3) is 0.571. The Bertz CT molecular complexity index is 455. The molecule has 0 unspecified atom stereocenters. The fourth-order valence-electron chi connectivity index (χ4n) is 2.60. The molecule has 2 aliphatic heterocycles. The molecule has 118 valence electrons. The molecule has 2 fully saturated rings. The van der Waals surface area contributed by atoms with Gasteiger partial charge in [-0.05, 0) is 26.0 Å². The minimum absolute atomic E-state index is 0.416. The first kappa shape index (κ1) is 15.7. The van der Waals surface area contributed by atoms with Gasteiger partial charge >= 0.3 is 14.2 Å². The third-order valence-corrected chi connectivity index (χ3v) is 3.49. The molecule has 0 radical (unpaired) electrons. The van der Waals surface area contributed by atoms with Gasteiger partial charge in [-0.2, -0.15) is 0 Å². The summed E-state index contributed by atoms with van der Waals surface area (Å²) in [6.07, 6.45) is 0. The summed E-state index contributed by atoms with van der Waals surface area (Å²) in [6.45, 7) is 7.32. The van der Waals surface area contributed by atoms with Gasteiger partial charge in [0.25, 0.3) is 0 Å². The van der Waals surface area contributed by atoms with Crippen LogP contribution in [-0.2, 0) is 18.6 Å². The minimum Gasteiger partial charge on any atom is -0.494 e. The summed E-state index contributed by atoms with van der Waals surface area (Å²) in [5.41, 5.74) is 1.68. The second kappa shape index (κ2) is 7.37. The van der Waals surface area contributed by atoms with E-state index in [1.807, 2.05) is 26.0 Å². The summed E-state index contributed by atoms with van der Waals surface area (Å²) < 4.78 is 33.9. The quantitative estimate of drug-likeness (QED) is 0.688. The molecule has 0 spiro atoms. The van der Waals surface area contributed by atoms with Gasteiger partial charge in [0.1, 0.15) is 11.5 Å². The molecule has 0 atom stereocenters. The summed E-state index contributed by atoms with van der Waals surface area (Å²) in [5, 5.41) is 0. The van der Waals surface area contributed by atoms with Crippen LogP contribution in [-0.4, -0.2) is 53.9 Å².